The van der Waals surface area contributed by atoms with Crippen molar-refractivity contribution in [3.05, 3.63) is 83.9 Å². The van der Waals surface area contributed by atoms with Crippen LogP contribution in [0, 0.1) is 11.6 Å². The van der Waals surface area contributed by atoms with Gasteiger partial charge < -0.3 is 19.7 Å². The van der Waals surface area contributed by atoms with Gasteiger partial charge in [-0.25, -0.2) is 13.8 Å². The third-order valence-corrected chi connectivity index (χ3v) is 5.41. The average Bonchev–Trinajstić information content (AvgIpc) is 3.30. The first-order valence-electron chi connectivity index (χ1n) is 10.3. The third-order valence-electron chi connectivity index (χ3n) is 5.41. The Morgan fingerprint density at radius 3 is 2.61 bits per heavy atom. The minimum absolute atomic E-state index is 0.317. The number of aliphatic imine (C=N–C) groups is 1. The lowest BCUT2D eigenvalue weighted by Gasteiger charge is -2.37. The van der Waals surface area contributed by atoms with E-state index >= 15 is 0 Å². The van der Waals surface area contributed by atoms with Gasteiger partial charge in [0.25, 0.3) is 0 Å². The number of anilines is 1. The van der Waals surface area contributed by atoms with Crippen molar-refractivity contribution in [1.29, 1.82) is 0 Å². The summed E-state index contributed by atoms with van der Waals surface area (Å²) in [6.07, 6.45) is 5.53. The van der Waals surface area contributed by atoms with Gasteiger partial charge in [-0.2, -0.15) is 0 Å². The van der Waals surface area contributed by atoms with E-state index in [0.717, 1.165) is 18.6 Å². The molecule has 0 aliphatic carbocycles. The first-order valence-corrected chi connectivity index (χ1v) is 10.3. The van der Waals surface area contributed by atoms with Crippen molar-refractivity contribution >= 4 is 11.6 Å². The topological polar surface area (TPSA) is 48.7 Å². The highest BCUT2D eigenvalue weighted by Gasteiger charge is 2.22. The van der Waals surface area contributed by atoms with Gasteiger partial charge in [-0.3, -0.25) is 4.99 Å². The zero-order valence-corrected chi connectivity index (χ0v) is 17.5. The van der Waals surface area contributed by atoms with E-state index in [-0.39, 0.29) is 0 Å². The number of benzene rings is 2. The van der Waals surface area contributed by atoms with Gasteiger partial charge in [0.2, 0.25) is 0 Å². The molecule has 4 rings (SSSR count). The maximum absolute atomic E-state index is 14.1. The summed E-state index contributed by atoms with van der Waals surface area (Å²) in [5.41, 5.74) is 2.69. The quantitative estimate of drug-likeness (QED) is 0.505. The largest absolute Gasteiger partial charge is 0.366 e. The molecule has 0 unspecified atom stereocenters. The lowest BCUT2D eigenvalue weighted by molar-refractivity contribution is 0.370. The molecule has 6 nitrogen and oxygen atoms in total. The molecule has 8 heteroatoms. The molecule has 1 aromatic heterocycles. The number of hydrogen-bond acceptors (Lipinski definition) is 3. The second-order valence-corrected chi connectivity index (χ2v) is 7.53. The molecule has 1 aliphatic heterocycles. The lowest BCUT2D eigenvalue weighted by Crippen LogP contribution is -2.52. The van der Waals surface area contributed by atoms with Gasteiger partial charge in [0.15, 0.2) is 5.96 Å². The Kier molecular flexibility index (Phi) is 6.45. The number of nitrogens with zero attached hydrogens (tertiary/aromatic N) is 5. The summed E-state index contributed by atoms with van der Waals surface area (Å²) in [5, 5.41) is 3.42. The van der Waals surface area contributed by atoms with Crippen molar-refractivity contribution in [2.24, 2.45) is 4.99 Å². The summed E-state index contributed by atoms with van der Waals surface area (Å²) < 4.78 is 29.6. The van der Waals surface area contributed by atoms with Gasteiger partial charge in [-0.15, -0.1) is 0 Å². The fourth-order valence-corrected chi connectivity index (χ4v) is 3.83. The highest BCUT2D eigenvalue weighted by atomic mass is 19.1. The monoisotopic (exact) mass is 424 g/mol. The maximum atomic E-state index is 14.1. The minimum Gasteiger partial charge on any atom is -0.366 e. The van der Waals surface area contributed by atoms with E-state index in [9.17, 15) is 8.78 Å². The number of guanidine groups is 1. The summed E-state index contributed by atoms with van der Waals surface area (Å²) in [6.45, 7) is 3.99. The zero-order valence-electron chi connectivity index (χ0n) is 17.5. The van der Waals surface area contributed by atoms with Gasteiger partial charge in [-0.05, 0) is 23.3 Å². The van der Waals surface area contributed by atoms with Crippen LogP contribution in [0.25, 0.3) is 0 Å². The molecular weight excluding hydrogens is 398 g/mol. The summed E-state index contributed by atoms with van der Waals surface area (Å²) in [4.78, 5) is 12.5. The fourth-order valence-electron chi connectivity index (χ4n) is 3.83. The average molecular weight is 424 g/mol. The summed E-state index contributed by atoms with van der Waals surface area (Å²) >= 11 is 0. The molecule has 1 saturated heterocycles. The van der Waals surface area contributed by atoms with Crippen molar-refractivity contribution in [1.82, 2.24) is 19.8 Å². The first-order chi connectivity index (χ1) is 15.1. The van der Waals surface area contributed by atoms with Crippen LogP contribution < -0.4 is 10.2 Å². The molecule has 2 aromatic carbocycles. The Labute approximate surface area is 180 Å². The number of halogens is 2. The van der Waals surface area contributed by atoms with Crippen LogP contribution in [0.1, 0.15) is 11.1 Å². The maximum Gasteiger partial charge on any atom is 0.194 e. The number of imidazole rings is 1. The van der Waals surface area contributed by atoms with Gasteiger partial charge in [0.05, 0.1) is 12.0 Å². The van der Waals surface area contributed by atoms with Crippen LogP contribution in [0.3, 0.4) is 0 Å². The fraction of sp³-hybridized carbons (Fsp3) is 0.304. The third kappa shape index (κ3) is 5.20. The summed E-state index contributed by atoms with van der Waals surface area (Å²) in [7, 11) is 1.76. The Bertz CT molecular complexity index is 1030. The highest BCUT2D eigenvalue weighted by molar-refractivity contribution is 5.80. The number of piperazine rings is 1. The summed E-state index contributed by atoms with van der Waals surface area (Å²) in [5.74, 6) is -0.0149. The van der Waals surface area contributed by atoms with Crippen LogP contribution in [0.4, 0.5) is 14.5 Å². The molecule has 0 amide bonds. The van der Waals surface area contributed by atoms with E-state index < -0.39 is 11.6 Å². The van der Waals surface area contributed by atoms with Gasteiger partial charge in [-0.1, -0.05) is 24.3 Å². The predicted octanol–water partition coefficient (Wildman–Crippen LogP) is 3.11. The molecule has 2 heterocycles. The number of hydrogen-bond donors (Lipinski definition) is 1. The standard InChI is InChI=1S/C23H26F2N6/c1-26-23(28-15-18-3-2-4-19(13-18)16-29-8-7-27-17-29)31-11-9-30(10-12-31)22-14-20(24)5-6-21(22)25/h2-8,13-14,17H,9-12,15-16H2,1H3,(H,26,28). The van der Waals surface area contributed by atoms with E-state index in [1.165, 1.54) is 23.3 Å². The Balaban J connectivity index is 1.33. The molecule has 31 heavy (non-hydrogen) atoms. The molecule has 0 radical (unpaired) electrons. The Morgan fingerprint density at radius 1 is 1.06 bits per heavy atom. The van der Waals surface area contributed by atoms with Gasteiger partial charge in [0, 0.05) is 64.8 Å². The van der Waals surface area contributed by atoms with E-state index in [0.29, 0.717) is 38.4 Å². The Morgan fingerprint density at radius 2 is 1.87 bits per heavy atom. The minimum atomic E-state index is -0.424. The smallest absolute Gasteiger partial charge is 0.194 e. The lowest BCUT2D eigenvalue weighted by atomic mass is 10.1. The van der Waals surface area contributed by atoms with Crippen LogP contribution in [-0.4, -0.2) is 53.6 Å². The molecule has 0 bridgehead atoms. The zero-order chi connectivity index (χ0) is 21.6. The molecule has 0 atom stereocenters. The van der Waals surface area contributed by atoms with Crippen LogP contribution in [0.2, 0.25) is 0 Å². The normalized spacial score (nSPS) is 14.7. The van der Waals surface area contributed by atoms with E-state index in [1.807, 2.05) is 22.0 Å². The van der Waals surface area contributed by atoms with E-state index in [1.54, 1.807) is 13.2 Å². The molecule has 1 aliphatic rings. The van der Waals surface area contributed by atoms with E-state index in [4.69, 9.17) is 0 Å². The molecule has 0 saturated carbocycles. The molecule has 1 fully saturated rings. The van der Waals surface area contributed by atoms with Crippen LogP contribution >= 0.6 is 0 Å². The SMILES string of the molecule is CN=C(NCc1cccc(Cn2ccnc2)c1)N1CCN(c2cc(F)ccc2F)CC1. The van der Waals surface area contributed by atoms with Crippen LogP contribution in [0.5, 0.6) is 0 Å². The first kappa shape index (κ1) is 20.8. The molecule has 0 spiro atoms. The van der Waals surface area contributed by atoms with E-state index in [2.05, 4.69) is 44.5 Å². The summed E-state index contributed by atoms with van der Waals surface area (Å²) in [6, 6.07) is 12.0. The Hall–Kier alpha value is -3.42. The van der Waals surface area contributed by atoms with Crippen molar-refractivity contribution in [2.45, 2.75) is 13.1 Å². The second kappa shape index (κ2) is 9.59. The number of aromatic nitrogens is 2. The second-order valence-electron chi connectivity index (χ2n) is 7.53. The van der Waals surface area contributed by atoms with Gasteiger partial charge >= 0.3 is 0 Å². The molecular formula is C23H26F2N6. The predicted molar refractivity (Wildman–Crippen MR) is 118 cm³/mol. The number of nitrogens with one attached hydrogen (secondary N) is 1. The van der Waals surface area contributed by atoms with Crippen LogP contribution in [-0.2, 0) is 13.1 Å². The van der Waals surface area contributed by atoms with Crippen molar-refractivity contribution in [2.75, 3.05) is 38.1 Å². The molecule has 162 valence electrons. The number of rotatable bonds is 5. The van der Waals surface area contributed by atoms with Crippen molar-refractivity contribution in [3.8, 4) is 0 Å². The van der Waals surface area contributed by atoms with Gasteiger partial charge in [0.1, 0.15) is 11.6 Å². The molecule has 1 N–H and O–H groups in total. The van der Waals surface area contributed by atoms with Crippen LogP contribution in [0.15, 0.2) is 66.2 Å². The van der Waals surface area contributed by atoms with Crippen molar-refractivity contribution < 1.29 is 8.78 Å². The van der Waals surface area contributed by atoms with Crippen molar-refractivity contribution in [3.63, 3.8) is 0 Å². The molecule has 3 aromatic rings. The highest BCUT2D eigenvalue weighted by Crippen LogP contribution is 2.22.